The van der Waals surface area contributed by atoms with Gasteiger partial charge in [0.2, 0.25) is 15.9 Å². The summed E-state index contributed by atoms with van der Waals surface area (Å²) in [4.78, 5) is 18.0. The third-order valence-corrected chi connectivity index (χ3v) is 4.16. The van der Waals surface area contributed by atoms with Gasteiger partial charge < -0.3 is 4.90 Å². The molecule has 1 N–H and O–H groups in total. The van der Waals surface area contributed by atoms with Crippen LogP contribution < -0.4 is 4.72 Å². The van der Waals surface area contributed by atoms with Crippen LogP contribution in [0.1, 0.15) is 30.5 Å². The summed E-state index contributed by atoms with van der Waals surface area (Å²) in [7, 11) is -3.35. The van der Waals surface area contributed by atoms with Gasteiger partial charge in [0.25, 0.3) is 0 Å². The van der Waals surface area contributed by atoms with Gasteiger partial charge in [0.15, 0.2) is 0 Å². The topological polar surface area (TPSA) is 97.2 Å². The summed E-state index contributed by atoms with van der Waals surface area (Å²) in [6.07, 6.45) is 2.85. The Morgan fingerprint density at radius 1 is 1.43 bits per heavy atom. The van der Waals surface area contributed by atoms with Crippen LogP contribution >= 0.6 is 0 Å². The molecule has 8 nitrogen and oxygen atoms in total. The molecule has 1 aliphatic rings. The molecule has 0 aliphatic carbocycles. The molecule has 2 rings (SSSR count). The van der Waals surface area contributed by atoms with E-state index in [0.29, 0.717) is 13.1 Å². The van der Waals surface area contributed by atoms with Crippen molar-refractivity contribution in [3.05, 3.63) is 11.6 Å². The summed E-state index contributed by atoms with van der Waals surface area (Å²) in [6, 6.07) is 0.0992. The maximum atomic E-state index is 12.1. The lowest BCUT2D eigenvalue weighted by Crippen LogP contribution is -2.45. The molecule has 0 aromatic carbocycles. The summed E-state index contributed by atoms with van der Waals surface area (Å²) in [5.74, 6) is 1.34. The average Bonchev–Trinajstić information content (AvgIpc) is 2.74. The van der Waals surface area contributed by atoms with Crippen molar-refractivity contribution in [1.82, 2.24) is 24.4 Å². The van der Waals surface area contributed by atoms with E-state index in [1.165, 1.54) is 0 Å². The molecule has 1 aromatic heterocycles. The summed E-state index contributed by atoms with van der Waals surface area (Å²) in [5, 5.41) is 4.37. The van der Waals surface area contributed by atoms with Gasteiger partial charge in [-0.05, 0) is 26.7 Å². The number of nitrogens with one attached hydrogen (secondary N) is 1. The number of rotatable bonds is 4. The Morgan fingerprint density at radius 2 is 2.14 bits per heavy atom. The maximum absolute atomic E-state index is 12.1. The highest BCUT2D eigenvalue weighted by atomic mass is 32.2. The molecule has 1 saturated heterocycles. The fraction of sp³-hybridized carbons (Fsp3) is 0.750. The van der Waals surface area contributed by atoms with Crippen LogP contribution in [0.15, 0.2) is 0 Å². The quantitative estimate of drug-likeness (QED) is 0.816. The molecule has 0 spiro atoms. The van der Waals surface area contributed by atoms with Crippen molar-refractivity contribution < 1.29 is 13.2 Å². The molecule has 1 amide bonds. The van der Waals surface area contributed by atoms with Crippen LogP contribution in [-0.4, -0.2) is 59.9 Å². The molecule has 0 bridgehead atoms. The minimum atomic E-state index is -3.35. The molecule has 118 valence electrons. The number of aryl methyl sites for hydroxylation is 2. The highest BCUT2D eigenvalue weighted by Gasteiger charge is 2.26. The van der Waals surface area contributed by atoms with Crippen LogP contribution in [0.4, 0.5) is 0 Å². The van der Waals surface area contributed by atoms with Gasteiger partial charge in [-0.25, -0.2) is 22.8 Å². The average molecular weight is 315 g/mol. The van der Waals surface area contributed by atoms with Crippen molar-refractivity contribution in [2.75, 3.05) is 25.9 Å². The van der Waals surface area contributed by atoms with Crippen LogP contribution in [0.3, 0.4) is 0 Å². The molecule has 0 radical (unpaired) electrons. The van der Waals surface area contributed by atoms with Gasteiger partial charge in [0.05, 0.1) is 18.8 Å². The van der Waals surface area contributed by atoms with Crippen molar-refractivity contribution >= 4 is 15.9 Å². The third kappa shape index (κ3) is 4.24. The highest BCUT2D eigenvalue weighted by Crippen LogP contribution is 2.21. The Labute approximate surface area is 124 Å². The zero-order valence-electron chi connectivity index (χ0n) is 12.5. The van der Waals surface area contributed by atoms with Gasteiger partial charge in [-0.2, -0.15) is 5.10 Å². The van der Waals surface area contributed by atoms with Gasteiger partial charge in [0.1, 0.15) is 11.6 Å². The van der Waals surface area contributed by atoms with E-state index in [-0.39, 0.29) is 18.5 Å². The molecule has 2 heterocycles. The van der Waals surface area contributed by atoms with E-state index in [2.05, 4.69) is 14.8 Å². The zero-order chi connectivity index (χ0) is 15.6. The van der Waals surface area contributed by atoms with Gasteiger partial charge in [0, 0.05) is 13.1 Å². The maximum Gasteiger partial charge on any atom is 0.237 e. The Morgan fingerprint density at radius 3 is 2.71 bits per heavy atom. The Hall–Kier alpha value is -1.48. The van der Waals surface area contributed by atoms with Gasteiger partial charge >= 0.3 is 0 Å². The van der Waals surface area contributed by atoms with E-state index in [1.54, 1.807) is 4.90 Å². The van der Waals surface area contributed by atoms with Crippen molar-refractivity contribution in [1.29, 1.82) is 0 Å². The van der Waals surface area contributed by atoms with E-state index in [1.807, 2.05) is 18.5 Å². The third-order valence-electron chi connectivity index (χ3n) is 3.49. The molecular weight excluding hydrogens is 294 g/mol. The van der Waals surface area contributed by atoms with Crippen molar-refractivity contribution in [3.63, 3.8) is 0 Å². The predicted molar refractivity (Wildman–Crippen MR) is 77.2 cm³/mol. The van der Waals surface area contributed by atoms with E-state index in [4.69, 9.17) is 0 Å². The lowest BCUT2D eigenvalue weighted by atomic mass is 10.1. The minimum Gasteiger partial charge on any atom is -0.339 e. The second-order valence-corrected chi connectivity index (χ2v) is 7.21. The Balaban J connectivity index is 2.00. The molecular formula is C12H21N5O3S. The fourth-order valence-electron chi connectivity index (χ4n) is 2.57. The summed E-state index contributed by atoms with van der Waals surface area (Å²) in [6.45, 7) is 4.72. The van der Waals surface area contributed by atoms with Crippen LogP contribution in [0, 0.1) is 13.8 Å². The van der Waals surface area contributed by atoms with Crippen LogP contribution in [0.2, 0.25) is 0 Å². The van der Waals surface area contributed by atoms with Crippen molar-refractivity contribution in [3.8, 4) is 0 Å². The number of amides is 1. The summed E-state index contributed by atoms with van der Waals surface area (Å²) >= 11 is 0. The largest absolute Gasteiger partial charge is 0.339 e. The predicted octanol–water partition coefficient (Wildman–Crippen LogP) is -0.392. The molecule has 21 heavy (non-hydrogen) atoms. The standard InChI is InChI=1S/C12H21N5O3S/c1-9-14-10(2)17(15-9)11-5-4-6-16(8-11)12(18)7-13-21(3,19)20/h11,13H,4-8H2,1-3H3/t11-/m1/s1. The van der Waals surface area contributed by atoms with Crippen LogP contribution in [-0.2, 0) is 14.8 Å². The van der Waals surface area contributed by atoms with E-state index < -0.39 is 10.0 Å². The van der Waals surface area contributed by atoms with Crippen LogP contribution in [0.25, 0.3) is 0 Å². The lowest BCUT2D eigenvalue weighted by Gasteiger charge is -2.33. The smallest absolute Gasteiger partial charge is 0.237 e. The molecule has 0 unspecified atom stereocenters. The number of hydrogen-bond donors (Lipinski definition) is 1. The van der Waals surface area contributed by atoms with E-state index in [0.717, 1.165) is 30.7 Å². The van der Waals surface area contributed by atoms with E-state index in [9.17, 15) is 13.2 Å². The van der Waals surface area contributed by atoms with Crippen LogP contribution in [0.5, 0.6) is 0 Å². The molecule has 1 aliphatic heterocycles. The number of carbonyl (C=O) groups is 1. The second-order valence-electron chi connectivity index (χ2n) is 5.38. The minimum absolute atomic E-state index is 0.0992. The van der Waals surface area contributed by atoms with Crippen molar-refractivity contribution in [2.45, 2.75) is 32.7 Å². The number of sulfonamides is 1. The molecule has 9 heteroatoms. The summed E-state index contributed by atoms with van der Waals surface area (Å²) in [5.41, 5.74) is 0. The van der Waals surface area contributed by atoms with Gasteiger partial charge in [-0.3, -0.25) is 4.79 Å². The monoisotopic (exact) mass is 315 g/mol. The fourth-order valence-corrected chi connectivity index (χ4v) is 2.95. The Bertz CT molecular complexity index is 625. The summed E-state index contributed by atoms with van der Waals surface area (Å²) < 4.78 is 26.2. The second kappa shape index (κ2) is 6.10. The zero-order valence-corrected chi connectivity index (χ0v) is 13.4. The number of likely N-dealkylation sites (tertiary alicyclic amines) is 1. The van der Waals surface area contributed by atoms with Gasteiger partial charge in [-0.15, -0.1) is 0 Å². The molecule has 1 fully saturated rings. The number of nitrogens with zero attached hydrogens (tertiary/aromatic N) is 4. The number of aromatic nitrogens is 3. The molecule has 0 saturated carbocycles. The molecule has 1 atom stereocenters. The molecule has 1 aromatic rings. The van der Waals surface area contributed by atoms with Crippen molar-refractivity contribution in [2.24, 2.45) is 0 Å². The number of piperidine rings is 1. The first-order valence-corrected chi connectivity index (χ1v) is 8.77. The SMILES string of the molecule is Cc1nc(C)n([C@@H]2CCCN(C(=O)CNS(C)(=O)=O)C2)n1. The first kappa shape index (κ1) is 15.9. The highest BCUT2D eigenvalue weighted by molar-refractivity contribution is 7.88. The van der Waals surface area contributed by atoms with Gasteiger partial charge in [-0.1, -0.05) is 0 Å². The first-order valence-electron chi connectivity index (χ1n) is 6.88. The number of hydrogen-bond acceptors (Lipinski definition) is 5. The number of carbonyl (C=O) groups excluding carboxylic acids is 1. The Kier molecular flexibility index (Phi) is 4.62. The first-order chi connectivity index (χ1) is 9.76. The lowest BCUT2D eigenvalue weighted by molar-refractivity contribution is -0.131. The normalized spacial score (nSPS) is 19.8. The van der Waals surface area contributed by atoms with E-state index >= 15 is 0 Å².